The van der Waals surface area contributed by atoms with Crippen molar-refractivity contribution in [3.8, 4) is 6.07 Å². The number of carbonyl (C=O) groups excluding carboxylic acids is 1. The number of carbonyl (C=O) groups is 1. The number of unbranched alkanes of at least 4 members (excludes halogenated alkanes) is 3. The lowest BCUT2D eigenvalue weighted by molar-refractivity contribution is -0.121. The molecule has 0 fully saturated rings. The molecule has 0 saturated carbocycles. The van der Waals surface area contributed by atoms with Gasteiger partial charge >= 0.3 is 0 Å². The second-order valence-electron chi connectivity index (χ2n) is 4.71. The molecule has 1 amide bonds. The zero-order chi connectivity index (χ0) is 13.9. The number of benzene rings is 1. The second kappa shape index (κ2) is 9.16. The number of rotatable bonds is 8. The van der Waals surface area contributed by atoms with Crippen LogP contribution in [-0.2, 0) is 4.79 Å². The fraction of sp³-hybridized carbons (Fsp3) is 0.500. The minimum Gasteiger partial charge on any atom is -0.354 e. The van der Waals surface area contributed by atoms with Gasteiger partial charge in [0.1, 0.15) is 0 Å². The lowest BCUT2D eigenvalue weighted by Gasteiger charge is -2.10. The Morgan fingerprint density at radius 1 is 1.26 bits per heavy atom. The molecule has 1 rings (SSSR count). The van der Waals surface area contributed by atoms with Crippen LogP contribution in [0.15, 0.2) is 30.3 Å². The molecule has 3 nitrogen and oxygen atoms in total. The van der Waals surface area contributed by atoms with E-state index in [0.717, 1.165) is 18.4 Å². The molecule has 0 spiro atoms. The fourth-order valence-corrected chi connectivity index (χ4v) is 1.94. The highest BCUT2D eigenvalue weighted by molar-refractivity contribution is 5.75. The summed E-state index contributed by atoms with van der Waals surface area (Å²) in [6, 6.07) is 11.8. The van der Waals surface area contributed by atoms with Crippen molar-refractivity contribution < 1.29 is 4.79 Å². The van der Waals surface area contributed by atoms with E-state index < -0.39 is 0 Å². The molecule has 1 unspecified atom stereocenters. The van der Waals surface area contributed by atoms with Crippen LogP contribution in [0.5, 0.6) is 0 Å². The van der Waals surface area contributed by atoms with E-state index in [1.54, 1.807) is 0 Å². The molecular weight excluding hydrogens is 236 g/mol. The second-order valence-corrected chi connectivity index (χ2v) is 4.71. The summed E-state index contributed by atoms with van der Waals surface area (Å²) >= 11 is 0. The van der Waals surface area contributed by atoms with Crippen molar-refractivity contribution in [1.82, 2.24) is 5.32 Å². The molecule has 1 atom stereocenters. The smallest absolute Gasteiger partial charge is 0.220 e. The van der Waals surface area contributed by atoms with E-state index in [4.69, 9.17) is 5.26 Å². The molecule has 0 aliphatic heterocycles. The Hall–Kier alpha value is -1.82. The molecule has 0 bridgehead atoms. The maximum Gasteiger partial charge on any atom is 0.220 e. The van der Waals surface area contributed by atoms with Crippen LogP contribution in [0.25, 0.3) is 0 Å². The van der Waals surface area contributed by atoms with Crippen molar-refractivity contribution in [3.05, 3.63) is 35.9 Å². The van der Waals surface area contributed by atoms with Crippen molar-refractivity contribution in [2.45, 2.75) is 44.9 Å². The summed E-state index contributed by atoms with van der Waals surface area (Å²) in [4.78, 5) is 11.6. The van der Waals surface area contributed by atoms with Crippen molar-refractivity contribution in [2.75, 3.05) is 6.54 Å². The van der Waals surface area contributed by atoms with Crippen LogP contribution in [0.2, 0.25) is 0 Å². The molecule has 1 aromatic carbocycles. The summed E-state index contributed by atoms with van der Waals surface area (Å²) in [7, 11) is 0. The maximum absolute atomic E-state index is 11.6. The molecule has 19 heavy (non-hydrogen) atoms. The summed E-state index contributed by atoms with van der Waals surface area (Å²) in [5.74, 6) is -0.215. The number of hydrogen-bond donors (Lipinski definition) is 1. The SMILES string of the molecule is CCCCCCC(=O)NCC(C#N)c1ccccc1. The Kier molecular flexibility index (Phi) is 7.34. The zero-order valence-corrected chi connectivity index (χ0v) is 11.6. The third kappa shape index (κ3) is 6.05. The monoisotopic (exact) mass is 258 g/mol. The number of amides is 1. The summed E-state index contributed by atoms with van der Waals surface area (Å²) in [5.41, 5.74) is 0.955. The topological polar surface area (TPSA) is 52.9 Å². The minimum atomic E-state index is -0.263. The normalized spacial score (nSPS) is 11.6. The molecule has 1 aromatic rings. The Morgan fingerprint density at radius 3 is 2.63 bits per heavy atom. The van der Waals surface area contributed by atoms with Crippen molar-refractivity contribution >= 4 is 5.91 Å². The first kappa shape index (κ1) is 15.2. The number of nitrogens with zero attached hydrogens (tertiary/aromatic N) is 1. The number of hydrogen-bond acceptors (Lipinski definition) is 2. The molecule has 0 heterocycles. The van der Waals surface area contributed by atoms with Gasteiger partial charge in [0, 0.05) is 13.0 Å². The average molecular weight is 258 g/mol. The van der Waals surface area contributed by atoms with Crippen LogP contribution in [-0.4, -0.2) is 12.5 Å². The van der Waals surface area contributed by atoms with Crippen LogP contribution in [0.3, 0.4) is 0 Å². The molecule has 3 heteroatoms. The van der Waals surface area contributed by atoms with Crippen molar-refractivity contribution in [1.29, 1.82) is 5.26 Å². The minimum absolute atomic E-state index is 0.0484. The maximum atomic E-state index is 11.6. The van der Waals surface area contributed by atoms with E-state index in [-0.39, 0.29) is 11.8 Å². The third-order valence-corrected chi connectivity index (χ3v) is 3.12. The van der Waals surface area contributed by atoms with Crippen LogP contribution in [0.4, 0.5) is 0 Å². The molecule has 0 radical (unpaired) electrons. The molecule has 0 aliphatic carbocycles. The highest BCUT2D eigenvalue weighted by Crippen LogP contribution is 2.13. The first-order valence-corrected chi connectivity index (χ1v) is 6.99. The third-order valence-electron chi connectivity index (χ3n) is 3.12. The van der Waals surface area contributed by atoms with Crippen LogP contribution < -0.4 is 5.32 Å². The van der Waals surface area contributed by atoms with Crippen molar-refractivity contribution in [3.63, 3.8) is 0 Å². The van der Waals surface area contributed by atoms with Gasteiger partial charge in [-0.1, -0.05) is 56.5 Å². The van der Waals surface area contributed by atoms with Gasteiger partial charge in [0.05, 0.1) is 12.0 Å². The molecule has 0 saturated heterocycles. The van der Waals surface area contributed by atoms with Crippen molar-refractivity contribution in [2.24, 2.45) is 0 Å². The first-order valence-electron chi connectivity index (χ1n) is 6.99. The predicted molar refractivity (Wildman–Crippen MR) is 76.6 cm³/mol. The molecule has 102 valence electrons. The van der Waals surface area contributed by atoms with Gasteiger partial charge < -0.3 is 5.32 Å². The number of nitrogens with one attached hydrogen (secondary N) is 1. The van der Waals surface area contributed by atoms with Crippen LogP contribution in [0.1, 0.15) is 50.5 Å². The van der Waals surface area contributed by atoms with Crippen LogP contribution in [0, 0.1) is 11.3 Å². The van der Waals surface area contributed by atoms with Gasteiger partial charge in [0.15, 0.2) is 0 Å². The van der Waals surface area contributed by atoms with Gasteiger partial charge in [0.2, 0.25) is 5.91 Å². The lowest BCUT2D eigenvalue weighted by Crippen LogP contribution is -2.27. The summed E-state index contributed by atoms with van der Waals surface area (Å²) in [5, 5.41) is 12.0. The molecular formula is C16H22N2O. The Morgan fingerprint density at radius 2 is 2.00 bits per heavy atom. The summed E-state index contributed by atoms with van der Waals surface area (Å²) in [6.45, 7) is 2.55. The Balaban J connectivity index is 2.30. The molecule has 0 aliphatic rings. The van der Waals surface area contributed by atoms with E-state index in [9.17, 15) is 4.79 Å². The highest BCUT2D eigenvalue weighted by atomic mass is 16.1. The Bertz CT molecular complexity index is 409. The first-order chi connectivity index (χ1) is 9.27. The summed E-state index contributed by atoms with van der Waals surface area (Å²) in [6.07, 6.45) is 4.95. The van der Waals surface area contributed by atoms with E-state index >= 15 is 0 Å². The van der Waals surface area contributed by atoms with Gasteiger partial charge in [-0.15, -0.1) is 0 Å². The Labute approximate surface area is 115 Å². The number of nitriles is 1. The van der Waals surface area contributed by atoms with E-state index in [0.29, 0.717) is 13.0 Å². The zero-order valence-electron chi connectivity index (χ0n) is 11.6. The summed E-state index contributed by atoms with van der Waals surface area (Å²) < 4.78 is 0. The van der Waals surface area contributed by atoms with Gasteiger partial charge in [-0.25, -0.2) is 0 Å². The van der Waals surface area contributed by atoms with Gasteiger partial charge in [-0.2, -0.15) is 5.26 Å². The largest absolute Gasteiger partial charge is 0.354 e. The predicted octanol–water partition coefficient (Wildman–Crippen LogP) is 3.38. The van der Waals surface area contributed by atoms with E-state index in [1.165, 1.54) is 12.8 Å². The van der Waals surface area contributed by atoms with Gasteiger partial charge in [0.25, 0.3) is 0 Å². The molecule has 0 aromatic heterocycles. The fourth-order valence-electron chi connectivity index (χ4n) is 1.94. The van der Waals surface area contributed by atoms with E-state index in [1.807, 2.05) is 30.3 Å². The van der Waals surface area contributed by atoms with Gasteiger partial charge in [-0.3, -0.25) is 4.79 Å². The average Bonchev–Trinajstić information content (AvgIpc) is 2.45. The quantitative estimate of drug-likeness (QED) is 0.727. The van der Waals surface area contributed by atoms with E-state index in [2.05, 4.69) is 18.3 Å². The molecule has 1 N–H and O–H groups in total. The lowest BCUT2D eigenvalue weighted by atomic mass is 10.0. The highest BCUT2D eigenvalue weighted by Gasteiger charge is 2.11. The van der Waals surface area contributed by atoms with Crippen LogP contribution >= 0.6 is 0 Å². The standard InChI is InChI=1S/C16H22N2O/c1-2-3-4-8-11-16(19)18-13-15(12-17)14-9-6-5-7-10-14/h5-7,9-10,15H,2-4,8,11,13H2,1H3,(H,18,19). The van der Waals surface area contributed by atoms with Gasteiger partial charge in [-0.05, 0) is 12.0 Å².